The number of aliphatic hydroxyl groups is 1. The highest BCUT2D eigenvalue weighted by molar-refractivity contribution is 6.30. The number of aliphatic hydroxyl groups excluding tert-OH is 1. The van der Waals surface area contributed by atoms with Crippen molar-refractivity contribution in [3.63, 3.8) is 0 Å². The molecular formula is C27H27Cl2N3O4. The Kier molecular flexibility index (Phi) is 8.16. The van der Waals surface area contributed by atoms with Gasteiger partial charge in [0, 0.05) is 41.9 Å². The number of benzene rings is 2. The number of nitrogens with zero attached hydrogens (tertiary/aromatic N) is 2. The molecule has 0 aliphatic rings. The molecule has 2 aromatic carbocycles. The monoisotopic (exact) mass is 527 g/mol. The van der Waals surface area contributed by atoms with Crippen molar-refractivity contribution in [2.24, 2.45) is 7.05 Å². The molecule has 2 heterocycles. The van der Waals surface area contributed by atoms with Crippen molar-refractivity contribution in [3.05, 3.63) is 104 Å². The van der Waals surface area contributed by atoms with Gasteiger partial charge in [0.05, 0.1) is 24.5 Å². The van der Waals surface area contributed by atoms with E-state index >= 15 is 0 Å². The lowest BCUT2D eigenvalue weighted by Gasteiger charge is -2.19. The number of likely N-dealkylation sites (N-methyl/N-ethyl adjacent to an activating group) is 1. The number of hydrogen-bond donors (Lipinski definition) is 2. The van der Waals surface area contributed by atoms with Crippen molar-refractivity contribution in [1.29, 1.82) is 0 Å². The lowest BCUT2D eigenvalue weighted by atomic mass is 10.1. The van der Waals surface area contributed by atoms with Gasteiger partial charge in [-0.3, -0.25) is 14.5 Å². The first-order chi connectivity index (χ1) is 17.2. The van der Waals surface area contributed by atoms with E-state index in [2.05, 4.69) is 5.32 Å². The maximum atomic E-state index is 13.1. The molecule has 4 rings (SSSR count). The number of carbonyl (C=O) groups excluding carboxylic acids is 1. The van der Waals surface area contributed by atoms with Gasteiger partial charge in [-0.2, -0.15) is 0 Å². The molecule has 0 spiro atoms. The number of amides is 1. The molecule has 9 heteroatoms. The van der Waals surface area contributed by atoms with Gasteiger partial charge in [0.15, 0.2) is 5.43 Å². The van der Waals surface area contributed by atoms with Crippen LogP contribution in [0.1, 0.15) is 28.6 Å². The predicted octanol–water partition coefficient (Wildman–Crippen LogP) is 4.46. The Morgan fingerprint density at radius 1 is 1.11 bits per heavy atom. The zero-order chi connectivity index (χ0) is 25.8. The van der Waals surface area contributed by atoms with Gasteiger partial charge >= 0.3 is 0 Å². The summed E-state index contributed by atoms with van der Waals surface area (Å²) in [6.45, 7) is 1.12. The minimum absolute atomic E-state index is 0.0378. The average molecular weight is 528 g/mol. The summed E-state index contributed by atoms with van der Waals surface area (Å²) in [6, 6.07) is 16.0. The molecule has 0 radical (unpaired) electrons. The highest BCUT2D eigenvalue weighted by atomic mass is 35.5. The molecule has 0 aliphatic carbocycles. The summed E-state index contributed by atoms with van der Waals surface area (Å²) in [7, 11) is 3.64. The number of aromatic nitrogens is 1. The van der Waals surface area contributed by atoms with Crippen LogP contribution in [0.15, 0.2) is 70.0 Å². The first-order valence-electron chi connectivity index (χ1n) is 11.4. The third kappa shape index (κ3) is 6.36. The number of fused-ring (bicyclic) bond motifs is 1. The van der Waals surface area contributed by atoms with E-state index in [0.29, 0.717) is 52.1 Å². The van der Waals surface area contributed by atoms with E-state index in [4.69, 9.17) is 27.6 Å². The van der Waals surface area contributed by atoms with Gasteiger partial charge in [0.25, 0.3) is 0 Å². The fourth-order valence-electron chi connectivity index (χ4n) is 4.04. The van der Waals surface area contributed by atoms with E-state index in [1.165, 1.54) is 0 Å². The lowest BCUT2D eigenvalue weighted by Crippen LogP contribution is -2.27. The van der Waals surface area contributed by atoms with Crippen LogP contribution in [0.4, 0.5) is 0 Å². The predicted molar refractivity (Wildman–Crippen MR) is 141 cm³/mol. The summed E-state index contributed by atoms with van der Waals surface area (Å²) in [5.74, 6) is 0.342. The van der Waals surface area contributed by atoms with Gasteiger partial charge in [0.1, 0.15) is 5.76 Å². The highest BCUT2D eigenvalue weighted by Gasteiger charge is 2.17. The molecule has 4 aromatic rings. The van der Waals surface area contributed by atoms with Crippen LogP contribution in [0.2, 0.25) is 10.0 Å². The van der Waals surface area contributed by atoms with Gasteiger partial charge in [0.2, 0.25) is 11.6 Å². The van der Waals surface area contributed by atoms with Crippen molar-refractivity contribution in [3.8, 4) is 0 Å². The molecule has 1 amide bonds. The van der Waals surface area contributed by atoms with Gasteiger partial charge in [-0.25, -0.2) is 0 Å². The smallest absolute Gasteiger partial charge is 0.224 e. The molecular weight excluding hydrogens is 501 g/mol. The molecule has 0 saturated carbocycles. The summed E-state index contributed by atoms with van der Waals surface area (Å²) in [5, 5.41) is 15.0. The standard InChI is InChI=1S/C27H27Cl2N3O4/c1-31(16-24(33)18-5-9-21(29)10-6-18)15-22-12-23-26(35)19(14-32(2)27(23)36-22)11-25(34)30-13-17-3-7-20(28)8-4-17/h3-10,12,14,24,33H,11,13,15-16H2,1-2H3,(H,30,34). The first-order valence-corrected chi connectivity index (χ1v) is 12.2. The number of nitrogens with one attached hydrogen (secondary N) is 1. The normalized spacial score (nSPS) is 12.3. The maximum absolute atomic E-state index is 13.1. The van der Waals surface area contributed by atoms with E-state index in [0.717, 1.165) is 11.1 Å². The molecule has 36 heavy (non-hydrogen) atoms. The molecule has 188 valence electrons. The third-order valence-corrected chi connectivity index (χ3v) is 6.39. The van der Waals surface area contributed by atoms with Crippen LogP contribution < -0.4 is 10.7 Å². The molecule has 2 N–H and O–H groups in total. The topological polar surface area (TPSA) is 87.7 Å². The number of halogens is 2. The summed E-state index contributed by atoms with van der Waals surface area (Å²) < 4.78 is 7.65. The Morgan fingerprint density at radius 2 is 1.75 bits per heavy atom. The van der Waals surface area contributed by atoms with Crippen molar-refractivity contribution < 1.29 is 14.3 Å². The Labute approximate surface area is 218 Å². The zero-order valence-electron chi connectivity index (χ0n) is 20.0. The molecule has 7 nitrogen and oxygen atoms in total. The Balaban J connectivity index is 1.42. The number of carbonyl (C=O) groups is 1. The van der Waals surface area contributed by atoms with Gasteiger partial charge < -0.3 is 19.4 Å². The van der Waals surface area contributed by atoms with E-state index in [9.17, 15) is 14.7 Å². The number of hydrogen-bond acceptors (Lipinski definition) is 5. The molecule has 0 fully saturated rings. The van der Waals surface area contributed by atoms with Crippen LogP contribution in [-0.2, 0) is 31.4 Å². The third-order valence-electron chi connectivity index (χ3n) is 5.89. The Hall–Kier alpha value is -3.10. The molecule has 0 bridgehead atoms. The molecule has 1 unspecified atom stereocenters. The van der Waals surface area contributed by atoms with Gasteiger partial charge in [-0.15, -0.1) is 0 Å². The number of rotatable bonds is 9. The highest BCUT2D eigenvalue weighted by Crippen LogP contribution is 2.21. The summed E-state index contributed by atoms with van der Waals surface area (Å²) >= 11 is 11.8. The second kappa shape index (κ2) is 11.3. The van der Waals surface area contributed by atoms with Crippen LogP contribution in [0.3, 0.4) is 0 Å². The second-order valence-corrected chi connectivity index (χ2v) is 9.74. The van der Waals surface area contributed by atoms with Gasteiger partial charge in [-0.05, 0) is 48.5 Å². The van der Waals surface area contributed by atoms with E-state index in [-0.39, 0.29) is 17.8 Å². The summed E-state index contributed by atoms with van der Waals surface area (Å²) in [6.07, 6.45) is 0.901. The average Bonchev–Trinajstić information content (AvgIpc) is 3.27. The van der Waals surface area contributed by atoms with Crippen LogP contribution in [0.25, 0.3) is 11.1 Å². The van der Waals surface area contributed by atoms with Crippen molar-refractivity contribution in [2.75, 3.05) is 13.6 Å². The molecule has 2 aromatic heterocycles. The quantitative estimate of drug-likeness (QED) is 0.335. The largest absolute Gasteiger partial charge is 0.443 e. The van der Waals surface area contributed by atoms with E-state index in [1.54, 1.807) is 60.3 Å². The molecule has 0 saturated heterocycles. The van der Waals surface area contributed by atoms with Gasteiger partial charge in [-0.1, -0.05) is 47.5 Å². The minimum Gasteiger partial charge on any atom is -0.443 e. The number of furan rings is 1. The van der Waals surface area contributed by atoms with Crippen LogP contribution in [0.5, 0.6) is 0 Å². The fourth-order valence-corrected chi connectivity index (χ4v) is 4.29. The molecule has 0 aliphatic heterocycles. The second-order valence-electron chi connectivity index (χ2n) is 8.87. The Bertz CT molecular complexity index is 1410. The van der Waals surface area contributed by atoms with Crippen molar-refractivity contribution in [2.45, 2.75) is 25.6 Å². The fraction of sp³-hybridized carbons (Fsp3) is 0.259. The lowest BCUT2D eigenvalue weighted by molar-refractivity contribution is -0.120. The van der Waals surface area contributed by atoms with E-state index < -0.39 is 6.10 Å². The summed E-state index contributed by atoms with van der Waals surface area (Å²) in [4.78, 5) is 27.5. The number of pyridine rings is 1. The SMILES string of the molecule is CN(Cc1cc2c(=O)c(CC(=O)NCc3ccc(Cl)cc3)cn(C)c2o1)CC(O)c1ccc(Cl)cc1. The summed E-state index contributed by atoms with van der Waals surface area (Å²) in [5.41, 5.74) is 2.28. The molecule has 1 atom stereocenters. The van der Waals surface area contributed by atoms with E-state index in [1.807, 2.05) is 24.1 Å². The van der Waals surface area contributed by atoms with Crippen LogP contribution in [0, 0.1) is 0 Å². The zero-order valence-corrected chi connectivity index (χ0v) is 21.5. The first kappa shape index (κ1) is 26.0. The minimum atomic E-state index is -0.694. The van der Waals surface area contributed by atoms with Crippen LogP contribution in [-0.4, -0.2) is 34.1 Å². The van der Waals surface area contributed by atoms with Crippen molar-refractivity contribution in [1.82, 2.24) is 14.8 Å². The van der Waals surface area contributed by atoms with Crippen LogP contribution >= 0.6 is 23.2 Å². The Morgan fingerprint density at radius 3 is 2.42 bits per heavy atom. The maximum Gasteiger partial charge on any atom is 0.224 e. The number of aryl methyl sites for hydroxylation is 1. The van der Waals surface area contributed by atoms with Crippen molar-refractivity contribution >= 4 is 40.2 Å².